The van der Waals surface area contributed by atoms with E-state index in [4.69, 9.17) is 0 Å². The maximum atomic E-state index is 13.1. The Labute approximate surface area is 164 Å². The summed E-state index contributed by atoms with van der Waals surface area (Å²) in [6.07, 6.45) is 6.17. The van der Waals surface area contributed by atoms with Crippen molar-refractivity contribution in [3.05, 3.63) is 102 Å². The maximum Gasteiger partial charge on any atom is 0.244 e. The fourth-order valence-corrected chi connectivity index (χ4v) is 4.40. The molecule has 1 atom stereocenters. The molecule has 5 nitrogen and oxygen atoms in total. The predicted molar refractivity (Wildman–Crippen MR) is 109 cm³/mol. The number of sulfone groups is 1. The van der Waals surface area contributed by atoms with E-state index in [1.807, 2.05) is 30.3 Å². The van der Waals surface area contributed by atoms with E-state index < -0.39 is 15.1 Å². The molecule has 0 aliphatic rings. The molecule has 1 N–H and O–H groups in total. The number of carbonyl (C=O) groups is 1. The van der Waals surface area contributed by atoms with Crippen molar-refractivity contribution in [1.29, 1.82) is 0 Å². The van der Waals surface area contributed by atoms with E-state index in [-0.39, 0.29) is 17.3 Å². The summed E-state index contributed by atoms with van der Waals surface area (Å²) in [5.41, 5.74) is 1.41. The molecule has 142 valence electrons. The summed E-state index contributed by atoms with van der Waals surface area (Å²) in [7, 11) is -3.70. The Morgan fingerprint density at radius 2 is 1.64 bits per heavy atom. The van der Waals surface area contributed by atoms with E-state index >= 15 is 0 Å². The zero-order valence-electron chi connectivity index (χ0n) is 15.1. The van der Waals surface area contributed by atoms with E-state index in [0.717, 1.165) is 5.56 Å². The van der Waals surface area contributed by atoms with Crippen LogP contribution in [0.1, 0.15) is 16.4 Å². The number of carbonyl (C=O) groups excluding carboxylic acids is 1. The summed E-state index contributed by atoms with van der Waals surface area (Å²) >= 11 is 0. The highest BCUT2D eigenvalue weighted by atomic mass is 32.2. The number of hydrogen-bond donors (Lipinski definition) is 1. The molecular weight excluding hydrogens is 372 g/mol. The van der Waals surface area contributed by atoms with Crippen molar-refractivity contribution < 1.29 is 13.2 Å². The number of nitrogens with one attached hydrogen (secondary N) is 1. The van der Waals surface area contributed by atoms with E-state index in [2.05, 4.69) is 10.3 Å². The molecular formula is C22H20N2O3S. The zero-order chi connectivity index (χ0) is 19.8. The second kappa shape index (κ2) is 9.10. The summed E-state index contributed by atoms with van der Waals surface area (Å²) in [6.45, 7) is -0.0547. The van der Waals surface area contributed by atoms with E-state index in [9.17, 15) is 13.2 Å². The molecule has 0 aliphatic heterocycles. The first-order chi connectivity index (χ1) is 13.6. The van der Waals surface area contributed by atoms with Crippen LogP contribution < -0.4 is 5.32 Å². The van der Waals surface area contributed by atoms with Gasteiger partial charge in [-0.1, -0.05) is 54.6 Å². The Hall–Kier alpha value is -3.25. The Kier molecular flexibility index (Phi) is 6.34. The van der Waals surface area contributed by atoms with Crippen LogP contribution in [0, 0.1) is 0 Å². The molecule has 3 rings (SSSR count). The number of rotatable bonds is 7. The van der Waals surface area contributed by atoms with Gasteiger partial charge in [0.1, 0.15) is 5.25 Å². The van der Waals surface area contributed by atoms with Crippen LogP contribution in [0.3, 0.4) is 0 Å². The van der Waals surface area contributed by atoms with Crippen molar-refractivity contribution in [3.63, 3.8) is 0 Å². The van der Waals surface area contributed by atoms with E-state index in [1.165, 1.54) is 12.3 Å². The third-order valence-electron chi connectivity index (χ3n) is 4.19. The number of amides is 1. The summed E-state index contributed by atoms with van der Waals surface area (Å²) in [5.74, 6) is -0.360. The van der Waals surface area contributed by atoms with Gasteiger partial charge in [0.15, 0.2) is 9.84 Å². The normalized spacial score (nSPS) is 12.6. The van der Waals surface area contributed by atoms with Gasteiger partial charge in [0.2, 0.25) is 5.91 Å². The summed E-state index contributed by atoms with van der Waals surface area (Å²) in [5, 5.41) is 1.76. The molecule has 0 radical (unpaired) electrons. The monoisotopic (exact) mass is 392 g/mol. The number of benzene rings is 2. The molecule has 3 aromatic rings. The third kappa shape index (κ3) is 4.92. The molecule has 0 bridgehead atoms. The standard InChI is InChI=1S/C22H20N2O3S/c25-22(14-13-18-8-3-1-4-9-18)24-17-21(19-10-7-15-23-16-19)28(26,27)20-11-5-2-6-12-20/h1-16,21H,17H2,(H,24,25)/b14-13+. The Bertz CT molecular complexity index is 1030. The van der Waals surface area contributed by atoms with Crippen molar-refractivity contribution in [3.8, 4) is 0 Å². The topological polar surface area (TPSA) is 76.1 Å². The minimum atomic E-state index is -3.70. The molecule has 28 heavy (non-hydrogen) atoms. The highest BCUT2D eigenvalue weighted by Gasteiger charge is 2.29. The highest BCUT2D eigenvalue weighted by Crippen LogP contribution is 2.27. The lowest BCUT2D eigenvalue weighted by molar-refractivity contribution is -0.116. The average molecular weight is 392 g/mol. The Morgan fingerprint density at radius 1 is 0.964 bits per heavy atom. The van der Waals surface area contributed by atoms with Crippen LogP contribution in [0.15, 0.2) is 96.2 Å². The van der Waals surface area contributed by atoms with Gasteiger partial charge in [0, 0.05) is 25.0 Å². The fraction of sp³-hybridized carbons (Fsp3) is 0.0909. The second-order valence-corrected chi connectivity index (χ2v) is 8.25. The van der Waals surface area contributed by atoms with Gasteiger partial charge in [0.25, 0.3) is 0 Å². The molecule has 1 heterocycles. The number of aromatic nitrogens is 1. The first-order valence-corrected chi connectivity index (χ1v) is 10.3. The molecule has 0 aliphatic carbocycles. The van der Waals surface area contributed by atoms with Crippen LogP contribution >= 0.6 is 0 Å². The summed E-state index contributed by atoms with van der Waals surface area (Å²) in [4.78, 5) is 16.4. The average Bonchev–Trinajstić information content (AvgIpc) is 2.74. The van der Waals surface area contributed by atoms with Crippen molar-refractivity contribution >= 4 is 21.8 Å². The van der Waals surface area contributed by atoms with Gasteiger partial charge in [-0.15, -0.1) is 0 Å². The molecule has 1 aromatic heterocycles. The van der Waals surface area contributed by atoms with Crippen molar-refractivity contribution in [2.75, 3.05) is 6.54 Å². The van der Waals surface area contributed by atoms with Gasteiger partial charge in [-0.3, -0.25) is 9.78 Å². The van der Waals surface area contributed by atoms with Gasteiger partial charge in [0.05, 0.1) is 4.90 Å². The minimum Gasteiger partial charge on any atom is -0.351 e. The van der Waals surface area contributed by atoms with Crippen LogP contribution in [0.4, 0.5) is 0 Å². The van der Waals surface area contributed by atoms with Gasteiger partial charge >= 0.3 is 0 Å². The molecule has 0 spiro atoms. The number of hydrogen-bond acceptors (Lipinski definition) is 4. The second-order valence-electron chi connectivity index (χ2n) is 6.12. The number of pyridine rings is 1. The lowest BCUT2D eigenvalue weighted by Gasteiger charge is -2.18. The first kappa shape index (κ1) is 19.5. The smallest absolute Gasteiger partial charge is 0.244 e. The van der Waals surface area contributed by atoms with Crippen LogP contribution in [-0.4, -0.2) is 25.9 Å². The van der Waals surface area contributed by atoms with Gasteiger partial charge in [-0.05, 0) is 35.4 Å². The summed E-state index contributed by atoms with van der Waals surface area (Å²) in [6, 6.07) is 21.0. The lowest BCUT2D eigenvalue weighted by Crippen LogP contribution is -2.31. The van der Waals surface area contributed by atoms with Crippen LogP contribution in [0.2, 0.25) is 0 Å². The SMILES string of the molecule is O=C(/C=C/c1ccccc1)NCC(c1cccnc1)S(=O)(=O)c1ccccc1. The number of nitrogens with zero attached hydrogens (tertiary/aromatic N) is 1. The van der Waals surface area contributed by atoms with Crippen LogP contribution in [-0.2, 0) is 14.6 Å². The van der Waals surface area contributed by atoms with Crippen molar-refractivity contribution in [1.82, 2.24) is 10.3 Å². The molecule has 1 unspecified atom stereocenters. The highest BCUT2D eigenvalue weighted by molar-refractivity contribution is 7.91. The molecule has 2 aromatic carbocycles. The van der Waals surface area contributed by atoms with Crippen LogP contribution in [0.25, 0.3) is 6.08 Å². The molecule has 0 saturated carbocycles. The minimum absolute atomic E-state index is 0.0547. The van der Waals surface area contributed by atoms with E-state index in [0.29, 0.717) is 5.56 Å². The first-order valence-electron chi connectivity index (χ1n) is 8.77. The molecule has 6 heteroatoms. The van der Waals surface area contributed by atoms with Gasteiger partial charge in [-0.25, -0.2) is 8.42 Å². The predicted octanol–water partition coefficient (Wildman–Crippen LogP) is 3.43. The van der Waals surface area contributed by atoms with Crippen molar-refractivity contribution in [2.24, 2.45) is 0 Å². The quantitative estimate of drug-likeness (QED) is 0.625. The van der Waals surface area contributed by atoms with Gasteiger partial charge in [-0.2, -0.15) is 0 Å². The Balaban J connectivity index is 1.79. The molecule has 0 saturated heterocycles. The van der Waals surface area contributed by atoms with Crippen molar-refractivity contribution in [2.45, 2.75) is 10.1 Å². The maximum absolute atomic E-state index is 13.1. The summed E-state index contributed by atoms with van der Waals surface area (Å²) < 4.78 is 26.3. The fourth-order valence-electron chi connectivity index (χ4n) is 2.74. The lowest BCUT2D eigenvalue weighted by atomic mass is 10.2. The van der Waals surface area contributed by atoms with Gasteiger partial charge < -0.3 is 5.32 Å². The molecule has 1 amide bonds. The third-order valence-corrected chi connectivity index (χ3v) is 6.31. The largest absolute Gasteiger partial charge is 0.351 e. The Morgan fingerprint density at radius 3 is 2.29 bits per heavy atom. The van der Waals surface area contributed by atoms with E-state index in [1.54, 1.807) is 54.7 Å². The molecule has 0 fully saturated rings. The zero-order valence-corrected chi connectivity index (χ0v) is 15.9. The van der Waals surface area contributed by atoms with Crippen LogP contribution in [0.5, 0.6) is 0 Å².